The minimum atomic E-state index is -3.82. The molecule has 0 aliphatic rings. The van der Waals surface area contributed by atoms with Crippen molar-refractivity contribution >= 4 is 27.5 Å². The molecule has 8 nitrogen and oxygen atoms in total. The van der Waals surface area contributed by atoms with Crippen LogP contribution in [0.25, 0.3) is 0 Å². The number of carbonyl (C=O) groups excluding carboxylic acids is 2. The highest BCUT2D eigenvalue weighted by Crippen LogP contribution is 2.29. The van der Waals surface area contributed by atoms with Crippen molar-refractivity contribution in [1.29, 1.82) is 0 Å². The van der Waals surface area contributed by atoms with Crippen molar-refractivity contribution in [2.75, 3.05) is 24.2 Å². The van der Waals surface area contributed by atoms with E-state index in [1.54, 1.807) is 24.3 Å². The average Bonchev–Trinajstić information content (AvgIpc) is 2.82. The van der Waals surface area contributed by atoms with Crippen molar-refractivity contribution in [2.24, 2.45) is 0 Å². The van der Waals surface area contributed by atoms with E-state index < -0.39 is 28.5 Å². The molecule has 0 saturated carbocycles. The molecule has 0 aromatic heterocycles. The van der Waals surface area contributed by atoms with Crippen LogP contribution in [0.2, 0.25) is 0 Å². The number of amides is 2. The molecule has 2 rings (SSSR count). The number of sulfonamides is 1. The highest BCUT2D eigenvalue weighted by molar-refractivity contribution is 7.92. The maximum Gasteiger partial charge on any atom is 0.244 e. The molecule has 0 aliphatic heterocycles. The Balaban J connectivity index is 2.45. The van der Waals surface area contributed by atoms with Crippen LogP contribution in [-0.4, -0.2) is 57.1 Å². The van der Waals surface area contributed by atoms with E-state index in [9.17, 15) is 18.0 Å². The van der Waals surface area contributed by atoms with E-state index >= 15 is 0 Å². The first-order valence-corrected chi connectivity index (χ1v) is 13.2. The van der Waals surface area contributed by atoms with E-state index in [0.717, 1.165) is 22.5 Å². The Hall–Kier alpha value is -3.07. The Kier molecular flexibility index (Phi) is 9.92. The van der Waals surface area contributed by atoms with Crippen LogP contribution in [0, 0.1) is 0 Å². The highest BCUT2D eigenvalue weighted by atomic mass is 32.2. The summed E-state index contributed by atoms with van der Waals surface area (Å²) in [6.45, 7) is 5.42. The average molecular weight is 490 g/mol. The second kappa shape index (κ2) is 12.4. The fourth-order valence-corrected chi connectivity index (χ4v) is 4.42. The fourth-order valence-electron chi connectivity index (χ4n) is 3.57. The van der Waals surface area contributed by atoms with Gasteiger partial charge in [-0.1, -0.05) is 56.3 Å². The second-order valence-electron chi connectivity index (χ2n) is 8.19. The number of hydrogen-bond donors (Lipinski definition) is 1. The molecule has 2 atom stereocenters. The molecular weight excluding hydrogens is 454 g/mol. The maximum absolute atomic E-state index is 13.6. The lowest BCUT2D eigenvalue weighted by molar-refractivity contribution is -0.140. The van der Waals surface area contributed by atoms with E-state index in [-0.39, 0.29) is 24.2 Å². The van der Waals surface area contributed by atoms with E-state index in [0.29, 0.717) is 12.2 Å². The van der Waals surface area contributed by atoms with Gasteiger partial charge in [0.1, 0.15) is 18.3 Å². The number of nitrogens with zero attached hydrogens (tertiary/aromatic N) is 2. The third-order valence-electron chi connectivity index (χ3n) is 5.62. The summed E-state index contributed by atoms with van der Waals surface area (Å²) in [5.74, 6) is -0.410. The molecule has 2 amide bonds. The van der Waals surface area contributed by atoms with Crippen LogP contribution in [0.15, 0.2) is 54.6 Å². The van der Waals surface area contributed by atoms with Gasteiger partial charge in [0.15, 0.2) is 0 Å². The number of para-hydroxylation sites is 2. The fraction of sp³-hybridized carbons (Fsp3) is 0.440. The quantitative estimate of drug-likeness (QED) is 0.494. The Labute approximate surface area is 202 Å². The highest BCUT2D eigenvalue weighted by Gasteiger charge is 2.32. The third-order valence-corrected chi connectivity index (χ3v) is 6.74. The molecule has 0 spiro atoms. The van der Waals surface area contributed by atoms with Crippen LogP contribution in [0.5, 0.6) is 5.75 Å². The molecule has 0 heterocycles. The normalized spacial score (nSPS) is 13.0. The predicted octanol–water partition coefficient (Wildman–Crippen LogP) is 3.18. The topological polar surface area (TPSA) is 96.0 Å². The van der Waals surface area contributed by atoms with Gasteiger partial charge in [0.25, 0.3) is 0 Å². The molecule has 2 aromatic carbocycles. The summed E-state index contributed by atoms with van der Waals surface area (Å²) in [6.07, 6.45) is 2.18. The van der Waals surface area contributed by atoms with Gasteiger partial charge in [-0.25, -0.2) is 8.42 Å². The first-order chi connectivity index (χ1) is 16.1. The van der Waals surface area contributed by atoms with E-state index in [1.807, 2.05) is 51.1 Å². The Morgan fingerprint density at radius 3 is 2.18 bits per heavy atom. The third kappa shape index (κ3) is 7.21. The van der Waals surface area contributed by atoms with Gasteiger partial charge < -0.3 is 15.0 Å². The summed E-state index contributed by atoms with van der Waals surface area (Å²) >= 11 is 0. The van der Waals surface area contributed by atoms with Crippen LogP contribution in [0.3, 0.4) is 0 Å². The summed E-state index contributed by atoms with van der Waals surface area (Å²) in [7, 11) is -2.38. The molecule has 0 radical (unpaired) electrons. The van der Waals surface area contributed by atoms with Crippen molar-refractivity contribution in [2.45, 2.75) is 52.2 Å². The number of carbonyl (C=O) groups is 2. The Morgan fingerprint density at radius 1 is 1.00 bits per heavy atom. The van der Waals surface area contributed by atoms with Crippen LogP contribution < -0.4 is 14.4 Å². The second-order valence-corrected chi connectivity index (χ2v) is 10.1. The minimum Gasteiger partial charge on any atom is -0.495 e. The largest absolute Gasteiger partial charge is 0.495 e. The minimum absolute atomic E-state index is 0.0451. The molecule has 9 heteroatoms. The summed E-state index contributed by atoms with van der Waals surface area (Å²) in [6, 6.07) is 15.1. The van der Waals surface area contributed by atoms with Crippen molar-refractivity contribution < 1.29 is 22.7 Å². The van der Waals surface area contributed by atoms with Gasteiger partial charge in [-0.2, -0.15) is 0 Å². The molecule has 2 aromatic rings. The van der Waals surface area contributed by atoms with Crippen molar-refractivity contribution in [3.05, 3.63) is 60.2 Å². The summed E-state index contributed by atoms with van der Waals surface area (Å²) in [5.41, 5.74) is 1.10. The van der Waals surface area contributed by atoms with Gasteiger partial charge in [-0.15, -0.1) is 0 Å². The number of hydrogen-bond acceptors (Lipinski definition) is 5. The van der Waals surface area contributed by atoms with E-state index in [2.05, 4.69) is 5.32 Å². The molecule has 0 fully saturated rings. The SMILES string of the molecule is CC[C@H](C(=O)N[C@@H](C)CC)N(Cc1ccccc1)C(=O)CN(c1ccccc1OC)S(C)(=O)=O. The van der Waals surface area contributed by atoms with Gasteiger partial charge in [0.2, 0.25) is 21.8 Å². The molecular formula is C25H35N3O5S. The zero-order valence-electron chi connectivity index (χ0n) is 20.5. The maximum atomic E-state index is 13.6. The monoisotopic (exact) mass is 489 g/mol. The predicted molar refractivity (Wildman–Crippen MR) is 134 cm³/mol. The van der Waals surface area contributed by atoms with E-state index in [4.69, 9.17) is 4.74 Å². The molecule has 0 saturated heterocycles. The molecule has 186 valence electrons. The molecule has 0 unspecified atom stereocenters. The number of ether oxygens (including phenoxy) is 1. The zero-order valence-corrected chi connectivity index (χ0v) is 21.3. The smallest absolute Gasteiger partial charge is 0.244 e. The van der Waals surface area contributed by atoms with Crippen LogP contribution in [-0.2, 0) is 26.2 Å². The van der Waals surface area contributed by atoms with Gasteiger partial charge in [-0.3, -0.25) is 13.9 Å². The number of benzene rings is 2. The number of nitrogens with one attached hydrogen (secondary N) is 1. The number of anilines is 1. The lowest BCUT2D eigenvalue weighted by Gasteiger charge is -2.33. The summed E-state index contributed by atoms with van der Waals surface area (Å²) in [5, 5.41) is 2.95. The first-order valence-electron chi connectivity index (χ1n) is 11.4. The van der Waals surface area contributed by atoms with Crippen molar-refractivity contribution in [1.82, 2.24) is 10.2 Å². The van der Waals surface area contributed by atoms with Gasteiger partial charge >= 0.3 is 0 Å². The summed E-state index contributed by atoms with van der Waals surface area (Å²) < 4.78 is 31.7. The van der Waals surface area contributed by atoms with Gasteiger partial charge in [0.05, 0.1) is 19.1 Å². The molecule has 0 aliphatic carbocycles. The van der Waals surface area contributed by atoms with Crippen LogP contribution in [0.4, 0.5) is 5.69 Å². The number of methoxy groups -OCH3 is 1. The molecule has 0 bridgehead atoms. The lowest BCUT2D eigenvalue weighted by Crippen LogP contribution is -2.53. The van der Waals surface area contributed by atoms with Crippen LogP contribution in [0.1, 0.15) is 39.2 Å². The van der Waals surface area contributed by atoms with Crippen molar-refractivity contribution in [3.8, 4) is 5.75 Å². The molecule has 34 heavy (non-hydrogen) atoms. The van der Waals surface area contributed by atoms with Gasteiger partial charge in [0, 0.05) is 12.6 Å². The van der Waals surface area contributed by atoms with Crippen LogP contribution >= 0.6 is 0 Å². The summed E-state index contributed by atoms with van der Waals surface area (Å²) in [4.78, 5) is 28.2. The Bertz CT molecular complexity index is 1060. The van der Waals surface area contributed by atoms with Crippen molar-refractivity contribution in [3.63, 3.8) is 0 Å². The standard InChI is InChI=1S/C25H35N3O5S/c1-6-19(3)26-25(30)21(7-2)27(17-20-13-9-8-10-14-20)24(29)18-28(34(5,31)32)22-15-11-12-16-23(22)33-4/h8-16,19,21H,6-7,17-18H2,1-5H3,(H,26,30)/t19-,21+/m0/s1. The number of rotatable bonds is 12. The van der Waals surface area contributed by atoms with Gasteiger partial charge in [-0.05, 0) is 37.5 Å². The Morgan fingerprint density at radius 2 is 1.62 bits per heavy atom. The zero-order chi connectivity index (χ0) is 25.3. The molecule has 1 N–H and O–H groups in total. The first kappa shape index (κ1) is 27.2. The lowest BCUT2D eigenvalue weighted by atomic mass is 10.1. The van der Waals surface area contributed by atoms with E-state index in [1.165, 1.54) is 12.0 Å².